The molecule has 1 aliphatic rings. The zero-order valence-corrected chi connectivity index (χ0v) is 12.6. The molecule has 0 amide bonds. The van der Waals surface area contributed by atoms with Gasteiger partial charge in [-0.25, -0.2) is 9.97 Å². The number of ketones is 1. The standard InChI is InChI=1S/C17H13N3OS/c21-16(14-6-2-11-22-14)13-5-1-4-12-7-10-20(15(12)13)17-18-8-3-9-19-17/h1-6,8-9,11H,7,10H2. The molecule has 0 fully saturated rings. The first kappa shape index (κ1) is 13.2. The lowest BCUT2D eigenvalue weighted by atomic mass is 10.0. The summed E-state index contributed by atoms with van der Waals surface area (Å²) in [6, 6.07) is 11.5. The van der Waals surface area contributed by atoms with E-state index >= 15 is 0 Å². The summed E-state index contributed by atoms with van der Waals surface area (Å²) in [6.45, 7) is 0.800. The number of hydrogen-bond donors (Lipinski definition) is 0. The van der Waals surface area contributed by atoms with Crippen LogP contribution in [0.1, 0.15) is 20.8 Å². The molecular formula is C17H13N3OS. The number of carbonyl (C=O) groups is 1. The largest absolute Gasteiger partial charge is 0.309 e. The second kappa shape index (κ2) is 5.35. The Hall–Kier alpha value is -2.53. The van der Waals surface area contributed by atoms with Crippen molar-refractivity contribution in [3.05, 3.63) is 70.2 Å². The number of benzene rings is 1. The molecule has 5 heteroatoms. The average Bonchev–Trinajstić information content (AvgIpc) is 3.24. The van der Waals surface area contributed by atoms with E-state index in [0.29, 0.717) is 5.95 Å². The van der Waals surface area contributed by atoms with E-state index in [9.17, 15) is 4.79 Å². The number of hydrogen-bond acceptors (Lipinski definition) is 5. The molecule has 1 aliphatic heterocycles. The summed E-state index contributed by atoms with van der Waals surface area (Å²) in [7, 11) is 0. The van der Waals surface area contributed by atoms with Gasteiger partial charge in [0.05, 0.1) is 10.6 Å². The summed E-state index contributed by atoms with van der Waals surface area (Å²) >= 11 is 1.47. The quantitative estimate of drug-likeness (QED) is 0.695. The summed E-state index contributed by atoms with van der Waals surface area (Å²) in [5.41, 5.74) is 2.85. The summed E-state index contributed by atoms with van der Waals surface area (Å²) in [4.78, 5) is 24.2. The zero-order chi connectivity index (χ0) is 14.9. The molecule has 0 saturated heterocycles. The molecule has 3 heterocycles. The highest BCUT2D eigenvalue weighted by Gasteiger charge is 2.28. The molecule has 0 radical (unpaired) electrons. The molecule has 0 atom stereocenters. The van der Waals surface area contributed by atoms with Gasteiger partial charge in [-0.3, -0.25) is 4.79 Å². The van der Waals surface area contributed by atoms with Gasteiger partial charge >= 0.3 is 0 Å². The molecule has 3 aromatic rings. The average molecular weight is 307 g/mol. The van der Waals surface area contributed by atoms with Gasteiger partial charge in [-0.2, -0.15) is 0 Å². The van der Waals surface area contributed by atoms with E-state index in [0.717, 1.165) is 29.1 Å². The first-order valence-corrected chi connectivity index (χ1v) is 7.97. The molecule has 0 saturated carbocycles. The topological polar surface area (TPSA) is 46.1 Å². The van der Waals surface area contributed by atoms with Crippen molar-refractivity contribution in [2.24, 2.45) is 0 Å². The van der Waals surface area contributed by atoms with Crippen molar-refractivity contribution in [3.8, 4) is 0 Å². The third-order valence-electron chi connectivity index (χ3n) is 3.78. The maximum absolute atomic E-state index is 12.8. The molecule has 0 aliphatic carbocycles. The fourth-order valence-corrected chi connectivity index (χ4v) is 3.49. The monoisotopic (exact) mass is 307 g/mol. The lowest BCUT2D eigenvalue weighted by Gasteiger charge is -2.19. The second-order valence-electron chi connectivity index (χ2n) is 5.07. The number of rotatable bonds is 3. The Kier molecular flexibility index (Phi) is 3.20. The molecule has 108 valence electrons. The van der Waals surface area contributed by atoms with Crippen molar-refractivity contribution in [1.29, 1.82) is 0 Å². The van der Waals surface area contributed by atoms with Crippen LogP contribution in [0.4, 0.5) is 11.6 Å². The minimum Gasteiger partial charge on any atom is -0.309 e. The maximum atomic E-state index is 12.8. The third-order valence-corrected chi connectivity index (χ3v) is 4.65. The van der Waals surface area contributed by atoms with Gasteiger partial charge in [0.1, 0.15) is 0 Å². The van der Waals surface area contributed by atoms with Crippen molar-refractivity contribution in [1.82, 2.24) is 9.97 Å². The fraction of sp³-hybridized carbons (Fsp3) is 0.118. The van der Waals surface area contributed by atoms with E-state index in [-0.39, 0.29) is 5.78 Å². The van der Waals surface area contributed by atoms with Crippen LogP contribution in [0.25, 0.3) is 0 Å². The van der Waals surface area contributed by atoms with Gasteiger partial charge in [0.25, 0.3) is 0 Å². The Morgan fingerprint density at radius 2 is 1.95 bits per heavy atom. The van der Waals surface area contributed by atoms with E-state index in [2.05, 4.69) is 16.0 Å². The van der Waals surface area contributed by atoms with Crippen LogP contribution in [0.15, 0.2) is 54.2 Å². The predicted molar refractivity (Wildman–Crippen MR) is 86.9 cm³/mol. The second-order valence-corrected chi connectivity index (χ2v) is 6.02. The van der Waals surface area contributed by atoms with Gasteiger partial charge in [0.15, 0.2) is 0 Å². The van der Waals surface area contributed by atoms with Crippen molar-refractivity contribution < 1.29 is 4.79 Å². The van der Waals surface area contributed by atoms with Crippen molar-refractivity contribution in [3.63, 3.8) is 0 Å². The molecule has 0 spiro atoms. The SMILES string of the molecule is O=C(c1cccs1)c1cccc2c1N(c1ncccn1)CC2. The van der Waals surface area contributed by atoms with Crippen LogP contribution in [0, 0.1) is 0 Å². The molecule has 4 rings (SSSR count). The molecule has 0 N–H and O–H groups in total. The number of para-hydroxylation sites is 1. The normalized spacial score (nSPS) is 13.2. The van der Waals surface area contributed by atoms with Crippen molar-refractivity contribution in [2.75, 3.05) is 11.4 Å². The van der Waals surface area contributed by atoms with Crippen LogP contribution < -0.4 is 4.90 Å². The molecule has 22 heavy (non-hydrogen) atoms. The van der Waals surface area contributed by atoms with Gasteiger partial charge in [-0.15, -0.1) is 11.3 Å². The van der Waals surface area contributed by atoms with E-state index in [1.165, 1.54) is 16.9 Å². The number of anilines is 2. The summed E-state index contributed by atoms with van der Waals surface area (Å²) in [5.74, 6) is 0.711. The van der Waals surface area contributed by atoms with Gasteiger partial charge in [0, 0.05) is 24.5 Å². The summed E-state index contributed by atoms with van der Waals surface area (Å²) in [5, 5.41) is 1.93. The number of thiophene rings is 1. The van der Waals surface area contributed by atoms with Crippen LogP contribution in [0.3, 0.4) is 0 Å². The number of fused-ring (bicyclic) bond motifs is 1. The number of nitrogens with zero attached hydrogens (tertiary/aromatic N) is 3. The molecule has 0 unspecified atom stereocenters. The number of aromatic nitrogens is 2. The maximum Gasteiger partial charge on any atom is 0.229 e. The van der Waals surface area contributed by atoms with Gasteiger partial charge in [0.2, 0.25) is 11.7 Å². The predicted octanol–water partition coefficient (Wildman–Crippen LogP) is 3.46. The third kappa shape index (κ3) is 2.10. The first-order chi connectivity index (χ1) is 10.8. The minimum absolute atomic E-state index is 0.0645. The molecular weight excluding hydrogens is 294 g/mol. The Bertz CT molecular complexity index is 815. The number of carbonyl (C=O) groups excluding carboxylic acids is 1. The van der Waals surface area contributed by atoms with Crippen molar-refractivity contribution in [2.45, 2.75) is 6.42 Å². The Balaban J connectivity index is 1.83. The van der Waals surface area contributed by atoms with Crippen LogP contribution in [0.2, 0.25) is 0 Å². The van der Waals surface area contributed by atoms with Gasteiger partial charge in [-0.1, -0.05) is 18.2 Å². The van der Waals surface area contributed by atoms with Crippen LogP contribution >= 0.6 is 11.3 Å². The molecule has 1 aromatic carbocycles. The highest BCUT2D eigenvalue weighted by Crippen LogP contribution is 2.37. The minimum atomic E-state index is 0.0645. The van der Waals surface area contributed by atoms with Crippen LogP contribution in [-0.4, -0.2) is 22.3 Å². The van der Waals surface area contributed by atoms with E-state index < -0.39 is 0 Å². The highest BCUT2D eigenvalue weighted by molar-refractivity contribution is 7.12. The van der Waals surface area contributed by atoms with E-state index in [1.54, 1.807) is 18.5 Å². The fourth-order valence-electron chi connectivity index (χ4n) is 2.81. The molecule has 4 nitrogen and oxygen atoms in total. The van der Waals surface area contributed by atoms with Crippen LogP contribution in [0.5, 0.6) is 0 Å². The first-order valence-electron chi connectivity index (χ1n) is 7.09. The summed E-state index contributed by atoms with van der Waals surface area (Å²) in [6.07, 6.45) is 4.35. The Labute approximate surface area is 132 Å². The Morgan fingerprint density at radius 3 is 2.73 bits per heavy atom. The zero-order valence-electron chi connectivity index (χ0n) is 11.8. The Morgan fingerprint density at radius 1 is 1.09 bits per heavy atom. The van der Waals surface area contributed by atoms with E-state index in [4.69, 9.17) is 0 Å². The smallest absolute Gasteiger partial charge is 0.229 e. The highest BCUT2D eigenvalue weighted by atomic mass is 32.1. The summed E-state index contributed by atoms with van der Waals surface area (Å²) < 4.78 is 0. The lowest BCUT2D eigenvalue weighted by Crippen LogP contribution is -2.18. The van der Waals surface area contributed by atoms with Gasteiger partial charge in [-0.05, 0) is 35.6 Å². The van der Waals surface area contributed by atoms with Gasteiger partial charge < -0.3 is 4.90 Å². The molecule has 2 aromatic heterocycles. The lowest BCUT2D eigenvalue weighted by molar-refractivity contribution is 0.104. The van der Waals surface area contributed by atoms with Crippen molar-refractivity contribution >= 4 is 28.8 Å². The van der Waals surface area contributed by atoms with E-state index in [1.807, 2.05) is 34.5 Å². The molecule has 0 bridgehead atoms. The van der Waals surface area contributed by atoms with Crippen LogP contribution in [-0.2, 0) is 6.42 Å².